The number of benzene rings is 1. The topological polar surface area (TPSA) is 54.5 Å². The van der Waals surface area contributed by atoms with Crippen molar-refractivity contribution in [2.24, 2.45) is 0 Å². The van der Waals surface area contributed by atoms with Gasteiger partial charge in [-0.3, -0.25) is 19.3 Å². The highest BCUT2D eigenvalue weighted by Crippen LogP contribution is 2.12. The van der Waals surface area contributed by atoms with Gasteiger partial charge in [-0.15, -0.1) is 0 Å². The van der Waals surface area contributed by atoms with Crippen LogP contribution >= 0.6 is 0 Å². The number of hydrogen-bond donors (Lipinski definition) is 0. The van der Waals surface area contributed by atoms with Gasteiger partial charge in [0.05, 0.1) is 6.42 Å². The molecule has 0 bridgehead atoms. The standard InChI is InChI=1S/C18H21NO3/c1-2-3-4-14-5-7-15(8-6-14)9-10-17(21)19-12-11-16(20)13-18(19)22/h5-8,11-12H,2-4,9-10,13H2,1H3. The number of hydrogen-bond acceptors (Lipinski definition) is 3. The average Bonchev–Trinajstić information content (AvgIpc) is 2.51. The Kier molecular flexibility index (Phi) is 5.64. The highest BCUT2D eigenvalue weighted by Gasteiger charge is 2.24. The lowest BCUT2D eigenvalue weighted by molar-refractivity contribution is -0.143. The first kappa shape index (κ1) is 16.1. The van der Waals surface area contributed by atoms with Crippen molar-refractivity contribution in [2.45, 2.75) is 45.4 Å². The lowest BCUT2D eigenvalue weighted by Gasteiger charge is -2.18. The van der Waals surface area contributed by atoms with Crippen molar-refractivity contribution in [3.63, 3.8) is 0 Å². The normalized spacial score (nSPS) is 14.5. The van der Waals surface area contributed by atoms with Crippen molar-refractivity contribution in [1.29, 1.82) is 0 Å². The average molecular weight is 299 g/mol. The summed E-state index contributed by atoms with van der Waals surface area (Å²) in [5.41, 5.74) is 2.39. The van der Waals surface area contributed by atoms with Gasteiger partial charge >= 0.3 is 0 Å². The molecule has 1 aromatic rings. The first-order valence-corrected chi connectivity index (χ1v) is 7.74. The second-order valence-corrected chi connectivity index (χ2v) is 5.54. The third-order valence-electron chi connectivity index (χ3n) is 3.74. The molecule has 0 saturated heterocycles. The molecule has 1 aliphatic heterocycles. The molecule has 0 spiro atoms. The maximum atomic E-state index is 12.0. The number of rotatable bonds is 6. The Bertz CT molecular complexity index is 587. The van der Waals surface area contributed by atoms with Crippen LogP contribution in [0.2, 0.25) is 0 Å². The molecule has 0 atom stereocenters. The van der Waals surface area contributed by atoms with Crippen LogP contribution in [0.3, 0.4) is 0 Å². The Hall–Kier alpha value is -2.23. The van der Waals surface area contributed by atoms with Crippen LogP contribution in [0.25, 0.3) is 0 Å². The molecule has 1 aromatic carbocycles. The lowest BCUT2D eigenvalue weighted by atomic mass is 10.0. The minimum atomic E-state index is -0.438. The van der Waals surface area contributed by atoms with Crippen LogP contribution in [-0.4, -0.2) is 22.5 Å². The number of imide groups is 1. The molecule has 0 N–H and O–H groups in total. The van der Waals surface area contributed by atoms with Crippen LogP contribution in [0.1, 0.15) is 43.7 Å². The van der Waals surface area contributed by atoms with E-state index in [2.05, 4.69) is 19.1 Å². The molecule has 0 aromatic heterocycles. The van der Waals surface area contributed by atoms with E-state index in [-0.39, 0.29) is 24.5 Å². The van der Waals surface area contributed by atoms with Crippen LogP contribution < -0.4 is 0 Å². The number of amides is 2. The monoisotopic (exact) mass is 299 g/mol. The van der Waals surface area contributed by atoms with Crippen LogP contribution in [0.15, 0.2) is 36.5 Å². The summed E-state index contributed by atoms with van der Waals surface area (Å²) in [4.78, 5) is 35.8. The minimum absolute atomic E-state index is 0.214. The van der Waals surface area contributed by atoms with Gasteiger partial charge in [0.1, 0.15) is 0 Å². The van der Waals surface area contributed by atoms with Gasteiger partial charge in [-0.1, -0.05) is 37.6 Å². The molecule has 0 saturated carbocycles. The Morgan fingerprint density at radius 2 is 1.73 bits per heavy atom. The molecular weight excluding hydrogens is 278 g/mol. The quantitative estimate of drug-likeness (QED) is 0.759. The smallest absolute Gasteiger partial charge is 0.241 e. The van der Waals surface area contributed by atoms with Gasteiger partial charge in [-0.2, -0.15) is 0 Å². The van der Waals surface area contributed by atoms with E-state index in [4.69, 9.17) is 0 Å². The van der Waals surface area contributed by atoms with Crippen LogP contribution in [-0.2, 0) is 27.2 Å². The zero-order valence-corrected chi connectivity index (χ0v) is 12.9. The summed E-state index contributed by atoms with van der Waals surface area (Å²) in [5.74, 6) is -0.951. The third-order valence-corrected chi connectivity index (χ3v) is 3.74. The van der Waals surface area contributed by atoms with Gasteiger partial charge < -0.3 is 0 Å². The van der Waals surface area contributed by atoms with E-state index in [0.29, 0.717) is 6.42 Å². The summed E-state index contributed by atoms with van der Waals surface area (Å²) in [6, 6.07) is 8.27. The molecule has 2 rings (SSSR count). The van der Waals surface area contributed by atoms with Gasteiger partial charge in [-0.25, -0.2) is 0 Å². The number of unbranched alkanes of at least 4 members (excludes halogenated alkanes) is 1. The highest BCUT2D eigenvalue weighted by atomic mass is 16.2. The molecule has 4 nitrogen and oxygen atoms in total. The van der Waals surface area contributed by atoms with Crippen molar-refractivity contribution in [3.05, 3.63) is 47.7 Å². The van der Waals surface area contributed by atoms with E-state index < -0.39 is 5.91 Å². The van der Waals surface area contributed by atoms with Crippen molar-refractivity contribution in [2.75, 3.05) is 0 Å². The molecule has 0 fully saturated rings. The van der Waals surface area contributed by atoms with E-state index in [1.54, 1.807) is 0 Å². The Balaban J connectivity index is 1.87. The molecule has 2 amide bonds. The van der Waals surface area contributed by atoms with Crippen molar-refractivity contribution < 1.29 is 14.4 Å². The fourth-order valence-corrected chi connectivity index (χ4v) is 2.38. The third kappa shape index (κ3) is 4.38. The van der Waals surface area contributed by atoms with Crippen molar-refractivity contribution in [1.82, 2.24) is 4.90 Å². The fraction of sp³-hybridized carbons (Fsp3) is 0.389. The van der Waals surface area contributed by atoms with Gasteiger partial charge in [0.25, 0.3) is 0 Å². The molecule has 1 aliphatic rings. The molecule has 0 aliphatic carbocycles. The molecule has 1 heterocycles. The zero-order chi connectivity index (χ0) is 15.9. The second-order valence-electron chi connectivity index (χ2n) is 5.54. The number of carbonyl (C=O) groups excluding carboxylic acids is 3. The molecule has 4 heteroatoms. The van der Waals surface area contributed by atoms with Gasteiger partial charge in [0, 0.05) is 12.6 Å². The molecule has 22 heavy (non-hydrogen) atoms. The Morgan fingerprint density at radius 1 is 1.09 bits per heavy atom. The second kappa shape index (κ2) is 7.69. The number of allylic oxidation sites excluding steroid dienone is 1. The van der Waals surface area contributed by atoms with Gasteiger partial charge in [0.2, 0.25) is 11.8 Å². The summed E-state index contributed by atoms with van der Waals surface area (Å²) in [6.07, 6.45) is 6.64. The molecular formula is C18H21NO3. The zero-order valence-electron chi connectivity index (χ0n) is 12.9. The van der Waals surface area contributed by atoms with Crippen molar-refractivity contribution >= 4 is 17.6 Å². The summed E-state index contributed by atoms with van der Waals surface area (Å²) in [6.45, 7) is 2.17. The van der Waals surface area contributed by atoms with E-state index in [1.807, 2.05) is 12.1 Å². The maximum Gasteiger partial charge on any atom is 0.241 e. The van der Waals surface area contributed by atoms with Crippen LogP contribution in [0.4, 0.5) is 0 Å². The van der Waals surface area contributed by atoms with E-state index in [9.17, 15) is 14.4 Å². The number of carbonyl (C=O) groups is 3. The van der Waals surface area contributed by atoms with Gasteiger partial charge in [0.15, 0.2) is 5.78 Å². The van der Waals surface area contributed by atoms with Crippen LogP contribution in [0.5, 0.6) is 0 Å². The predicted octanol–water partition coefficient (Wildman–Crippen LogP) is 2.80. The molecule has 116 valence electrons. The largest absolute Gasteiger partial charge is 0.294 e. The molecule has 0 unspecified atom stereocenters. The summed E-state index contributed by atoms with van der Waals surface area (Å²) in [5, 5.41) is 0. The Labute approximate surface area is 130 Å². The lowest BCUT2D eigenvalue weighted by Crippen LogP contribution is -2.36. The SMILES string of the molecule is CCCCc1ccc(CCC(=O)N2C=CC(=O)CC2=O)cc1. The minimum Gasteiger partial charge on any atom is -0.294 e. The number of ketones is 1. The van der Waals surface area contributed by atoms with E-state index in [1.165, 1.54) is 30.7 Å². The summed E-state index contributed by atoms with van der Waals surface area (Å²) >= 11 is 0. The fourth-order valence-electron chi connectivity index (χ4n) is 2.38. The predicted molar refractivity (Wildman–Crippen MR) is 84.0 cm³/mol. The summed E-state index contributed by atoms with van der Waals surface area (Å²) < 4.78 is 0. The number of nitrogens with zero attached hydrogens (tertiary/aromatic N) is 1. The van der Waals surface area contributed by atoms with E-state index in [0.717, 1.165) is 16.9 Å². The first-order valence-electron chi connectivity index (χ1n) is 7.74. The van der Waals surface area contributed by atoms with Gasteiger partial charge in [-0.05, 0) is 36.5 Å². The van der Waals surface area contributed by atoms with E-state index >= 15 is 0 Å². The van der Waals surface area contributed by atoms with Crippen molar-refractivity contribution in [3.8, 4) is 0 Å². The highest BCUT2D eigenvalue weighted by molar-refractivity contribution is 6.11. The summed E-state index contributed by atoms with van der Waals surface area (Å²) in [7, 11) is 0. The Morgan fingerprint density at radius 3 is 2.32 bits per heavy atom. The van der Waals surface area contributed by atoms with Crippen LogP contribution in [0, 0.1) is 0 Å². The number of aryl methyl sites for hydroxylation is 2. The maximum absolute atomic E-state index is 12.0. The first-order chi connectivity index (χ1) is 10.6. The molecule has 0 radical (unpaired) electrons.